The van der Waals surface area contributed by atoms with Crippen LogP contribution in [-0.2, 0) is 0 Å². The second-order valence-electron chi connectivity index (χ2n) is 11.2. The van der Waals surface area contributed by atoms with E-state index in [1.807, 2.05) is 131 Å². The molecule has 9 heteroatoms. The van der Waals surface area contributed by atoms with Crippen LogP contribution in [0.2, 0.25) is 0 Å². The minimum Gasteiger partial charge on any atom is -0.282 e. The molecule has 2 aliphatic carbocycles. The Morgan fingerprint density at radius 2 is 1.32 bits per heavy atom. The molecule has 0 fully saturated rings. The summed E-state index contributed by atoms with van der Waals surface area (Å²) < 4.78 is 0. The maximum absolute atomic E-state index is 11.8. The lowest BCUT2D eigenvalue weighted by Crippen LogP contribution is -2.44. The van der Waals surface area contributed by atoms with Gasteiger partial charge in [-0.25, -0.2) is 0 Å². The van der Waals surface area contributed by atoms with Crippen molar-refractivity contribution >= 4 is 17.2 Å². The SMILES string of the molecule is O=NC(=NN(NC1=CC=C(C2=CC=C([n+]3nc(-c4ccccc4)nn3-c3ccccc3)CC2)CC1)c1ccccc1)c1ccccc1. The second kappa shape index (κ2) is 13.8. The Morgan fingerprint density at radius 3 is 1.94 bits per heavy atom. The molecular weight excluding hydrogens is 584 g/mol. The van der Waals surface area contributed by atoms with Crippen molar-refractivity contribution in [1.82, 2.24) is 20.4 Å². The Balaban J connectivity index is 1.13. The first kappa shape index (κ1) is 29.5. The fraction of sp³-hybridized carbons (Fsp3) is 0.105. The summed E-state index contributed by atoms with van der Waals surface area (Å²) in [5.74, 6) is 0.778. The molecule has 47 heavy (non-hydrogen) atoms. The number of hydrazine groups is 1. The molecule has 1 N–H and O–H groups in total. The van der Waals surface area contributed by atoms with E-state index >= 15 is 0 Å². The summed E-state index contributed by atoms with van der Waals surface area (Å²) >= 11 is 0. The third-order valence-electron chi connectivity index (χ3n) is 8.09. The maximum atomic E-state index is 11.8. The van der Waals surface area contributed by atoms with Crippen LogP contribution in [0.5, 0.6) is 0 Å². The van der Waals surface area contributed by atoms with Crippen molar-refractivity contribution in [3.05, 3.63) is 173 Å². The first-order valence-electron chi connectivity index (χ1n) is 15.6. The molecule has 0 unspecified atom stereocenters. The highest BCUT2D eigenvalue weighted by Gasteiger charge is 2.26. The van der Waals surface area contributed by atoms with Gasteiger partial charge in [-0.15, -0.1) is 10.0 Å². The topological polar surface area (TPSA) is 91.7 Å². The van der Waals surface area contributed by atoms with E-state index in [2.05, 4.69) is 40.0 Å². The molecule has 0 bridgehead atoms. The van der Waals surface area contributed by atoms with E-state index in [4.69, 9.17) is 10.2 Å². The van der Waals surface area contributed by atoms with Crippen LogP contribution >= 0.6 is 0 Å². The van der Waals surface area contributed by atoms with Crippen LogP contribution in [-0.4, -0.2) is 20.8 Å². The number of allylic oxidation sites excluding steroid dienone is 8. The summed E-state index contributed by atoms with van der Waals surface area (Å²) in [6.07, 6.45) is 12.0. The fourth-order valence-electron chi connectivity index (χ4n) is 5.62. The second-order valence-corrected chi connectivity index (χ2v) is 11.2. The van der Waals surface area contributed by atoms with Gasteiger partial charge in [0.2, 0.25) is 5.84 Å². The van der Waals surface area contributed by atoms with Crippen LogP contribution in [0, 0.1) is 4.91 Å². The Morgan fingerprint density at radius 1 is 0.702 bits per heavy atom. The molecular formula is C38H33N8O+. The molecule has 0 spiro atoms. The minimum absolute atomic E-state index is 0.0985. The van der Waals surface area contributed by atoms with Gasteiger partial charge >= 0.3 is 5.82 Å². The maximum Gasteiger partial charge on any atom is 0.340 e. The number of anilines is 1. The van der Waals surface area contributed by atoms with E-state index < -0.39 is 0 Å². The van der Waals surface area contributed by atoms with Crippen molar-refractivity contribution in [2.75, 3.05) is 5.12 Å². The van der Waals surface area contributed by atoms with Crippen molar-refractivity contribution < 1.29 is 4.80 Å². The van der Waals surface area contributed by atoms with Crippen molar-refractivity contribution in [2.45, 2.75) is 25.7 Å². The van der Waals surface area contributed by atoms with Gasteiger partial charge in [0, 0.05) is 22.5 Å². The zero-order valence-electron chi connectivity index (χ0n) is 25.7. The summed E-state index contributed by atoms with van der Waals surface area (Å²) in [7, 11) is 0. The number of nitroso groups, excluding NO2 is 1. The normalized spacial score (nSPS) is 14.8. The van der Waals surface area contributed by atoms with Crippen molar-refractivity contribution in [3.8, 4) is 17.1 Å². The van der Waals surface area contributed by atoms with Gasteiger partial charge in [0.25, 0.3) is 0 Å². The zero-order valence-corrected chi connectivity index (χ0v) is 25.7. The van der Waals surface area contributed by atoms with Gasteiger partial charge in [-0.05, 0) is 94.0 Å². The van der Waals surface area contributed by atoms with Crippen LogP contribution in [0.15, 0.2) is 173 Å². The van der Waals surface area contributed by atoms with E-state index in [1.54, 1.807) is 5.12 Å². The Labute approximate surface area is 273 Å². The predicted molar refractivity (Wildman–Crippen MR) is 185 cm³/mol. The molecule has 0 saturated carbocycles. The van der Waals surface area contributed by atoms with Gasteiger partial charge in [0.1, 0.15) is 5.69 Å². The van der Waals surface area contributed by atoms with Gasteiger partial charge in [0.15, 0.2) is 5.70 Å². The minimum atomic E-state index is 0.0985. The number of para-hydroxylation sites is 2. The number of rotatable bonds is 9. The van der Waals surface area contributed by atoms with Gasteiger partial charge < -0.3 is 0 Å². The van der Waals surface area contributed by atoms with Gasteiger partial charge in [0.05, 0.1) is 16.3 Å². The van der Waals surface area contributed by atoms with Crippen molar-refractivity contribution in [1.29, 1.82) is 0 Å². The molecule has 9 nitrogen and oxygen atoms in total. The average molecular weight is 618 g/mol. The molecule has 2 aliphatic rings. The van der Waals surface area contributed by atoms with Gasteiger partial charge in [-0.2, -0.15) is 5.12 Å². The fourth-order valence-corrected chi connectivity index (χ4v) is 5.62. The third kappa shape index (κ3) is 6.74. The van der Waals surface area contributed by atoms with Crippen LogP contribution in [0.4, 0.5) is 5.69 Å². The molecule has 230 valence electrons. The molecule has 5 aromatic rings. The molecule has 1 aromatic heterocycles. The molecule has 0 aliphatic heterocycles. The van der Waals surface area contributed by atoms with Crippen LogP contribution < -0.4 is 15.3 Å². The molecule has 0 atom stereocenters. The summed E-state index contributed by atoms with van der Waals surface area (Å²) in [5.41, 5.74) is 11.5. The van der Waals surface area contributed by atoms with E-state index in [0.717, 1.165) is 54.0 Å². The molecule has 1 heterocycles. The predicted octanol–water partition coefficient (Wildman–Crippen LogP) is 7.53. The summed E-state index contributed by atoms with van der Waals surface area (Å²) in [4.78, 5) is 15.6. The number of hydrazone groups is 1. The van der Waals surface area contributed by atoms with E-state index in [9.17, 15) is 4.91 Å². The zero-order chi connectivity index (χ0) is 31.8. The summed E-state index contributed by atoms with van der Waals surface area (Å²) in [6, 6.07) is 39.1. The molecule has 0 radical (unpaired) electrons. The van der Waals surface area contributed by atoms with Crippen molar-refractivity contribution in [3.63, 3.8) is 0 Å². The third-order valence-corrected chi connectivity index (χ3v) is 8.09. The van der Waals surface area contributed by atoms with Crippen LogP contribution in [0.1, 0.15) is 31.2 Å². The number of nitrogens with zero attached hydrogens (tertiary/aromatic N) is 7. The number of nitrogens with one attached hydrogen (secondary N) is 1. The highest BCUT2D eigenvalue weighted by Crippen LogP contribution is 2.31. The number of aromatic nitrogens is 4. The quantitative estimate of drug-likeness (QED) is 0.0607. The Hall–Kier alpha value is -6.22. The lowest BCUT2D eigenvalue weighted by atomic mass is 9.90. The highest BCUT2D eigenvalue weighted by atomic mass is 16.3. The lowest BCUT2D eigenvalue weighted by molar-refractivity contribution is -0.723. The van der Waals surface area contributed by atoms with Crippen molar-refractivity contribution in [2.24, 2.45) is 10.3 Å². The molecule has 0 saturated heterocycles. The summed E-state index contributed by atoms with van der Waals surface area (Å²) in [5, 5.41) is 19.2. The van der Waals surface area contributed by atoms with E-state index in [1.165, 1.54) is 11.1 Å². The number of tetrazole rings is 1. The number of hydrogen-bond donors (Lipinski definition) is 1. The lowest BCUT2D eigenvalue weighted by Gasteiger charge is -2.25. The van der Waals surface area contributed by atoms with Gasteiger partial charge in [-0.3, -0.25) is 5.43 Å². The highest BCUT2D eigenvalue weighted by molar-refractivity contribution is 5.99. The molecule has 4 aromatic carbocycles. The molecule has 7 rings (SSSR count). The number of amidine groups is 1. The number of hydrogen-bond acceptors (Lipinski definition) is 6. The first-order chi connectivity index (χ1) is 23.2. The van der Waals surface area contributed by atoms with Crippen LogP contribution in [0.25, 0.3) is 22.8 Å². The molecule has 0 amide bonds. The van der Waals surface area contributed by atoms with Crippen LogP contribution in [0.3, 0.4) is 0 Å². The number of benzene rings is 4. The smallest absolute Gasteiger partial charge is 0.282 e. The Bertz CT molecular complexity index is 2010. The van der Waals surface area contributed by atoms with E-state index in [0.29, 0.717) is 11.4 Å². The Kier molecular flexibility index (Phi) is 8.67. The van der Waals surface area contributed by atoms with Gasteiger partial charge in [-0.1, -0.05) is 97.1 Å². The first-order valence-corrected chi connectivity index (χ1v) is 15.6. The average Bonchev–Trinajstić information content (AvgIpc) is 3.61. The van der Waals surface area contributed by atoms with E-state index in [-0.39, 0.29) is 5.84 Å². The summed E-state index contributed by atoms with van der Waals surface area (Å²) in [6.45, 7) is 0. The monoisotopic (exact) mass is 617 g/mol. The standard InChI is InChI=1S/C38H33N8O/c47-43-38(32-15-7-2-8-16-32)40-44(34-17-9-3-10-18-34)39-33-25-21-29(22-26-33)30-23-27-36(28-24-30)46-42-37(31-13-5-1-6-14-31)41-45(46)35-19-11-4-12-20-35/h1-21,23,25,27,39H,22,24,26,28H2/q+1. The largest absolute Gasteiger partial charge is 0.340 e.